The Labute approximate surface area is 147 Å². The Morgan fingerprint density at radius 2 is 1.76 bits per heavy atom. The van der Waals surface area contributed by atoms with Crippen LogP contribution in [0.2, 0.25) is 5.02 Å². The van der Waals surface area contributed by atoms with Gasteiger partial charge < -0.3 is 8.94 Å². The molecule has 124 valence electrons. The predicted molar refractivity (Wildman–Crippen MR) is 89.7 cm³/mol. The van der Waals surface area contributed by atoms with E-state index in [2.05, 4.69) is 25.3 Å². The van der Waals surface area contributed by atoms with Gasteiger partial charge in [0.05, 0.1) is 0 Å². The van der Waals surface area contributed by atoms with Crippen LogP contribution in [0.5, 0.6) is 0 Å². The number of benzene rings is 1. The second-order valence-electron chi connectivity index (χ2n) is 5.23. The lowest BCUT2D eigenvalue weighted by atomic mass is 10.2. The molecule has 0 bridgehead atoms. The van der Waals surface area contributed by atoms with Crippen molar-refractivity contribution in [3.8, 4) is 23.0 Å². The van der Waals surface area contributed by atoms with E-state index in [9.17, 15) is 0 Å². The molecule has 0 radical (unpaired) electrons. The highest BCUT2D eigenvalue weighted by Crippen LogP contribution is 2.19. The summed E-state index contributed by atoms with van der Waals surface area (Å²) in [6.45, 7) is 0. The number of halogens is 1. The zero-order chi connectivity index (χ0) is 17.1. The van der Waals surface area contributed by atoms with Crippen molar-refractivity contribution in [1.82, 2.24) is 25.3 Å². The molecule has 0 aliphatic rings. The van der Waals surface area contributed by atoms with Crippen LogP contribution in [-0.4, -0.2) is 25.3 Å². The highest BCUT2D eigenvalue weighted by atomic mass is 35.5. The first kappa shape index (κ1) is 15.5. The molecular formula is C17H12ClN5O2. The van der Waals surface area contributed by atoms with Crippen LogP contribution in [-0.2, 0) is 12.8 Å². The van der Waals surface area contributed by atoms with Gasteiger partial charge in [0, 0.05) is 29.6 Å². The van der Waals surface area contributed by atoms with Gasteiger partial charge in [0.15, 0.2) is 0 Å². The molecule has 0 unspecified atom stereocenters. The Bertz CT molecular complexity index is 966. The third-order valence-electron chi connectivity index (χ3n) is 3.47. The van der Waals surface area contributed by atoms with Crippen LogP contribution in [0.25, 0.3) is 23.0 Å². The number of nitrogens with zero attached hydrogens (tertiary/aromatic N) is 5. The van der Waals surface area contributed by atoms with Gasteiger partial charge in [-0.05, 0) is 36.4 Å². The van der Waals surface area contributed by atoms with Crippen molar-refractivity contribution >= 4 is 11.6 Å². The van der Waals surface area contributed by atoms with Crippen molar-refractivity contribution in [3.63, 3.8) is 0 Å². The fourth-order valence-corrected chi connectivity index (χ4v) is 2.36. The molecule has 0 aliphatic heterocycles. The monoisotopic (exact) mass is 353 g/mol. The molecule has 0 spiro atoms. The number of hydrogen-bond acceptors (Lipinski definition) is 7. The molecule has 7 nitrogen and oxygen atoms in total. The second-order valence-corrected chi connectivity index (χ2v) is 5.67. The fourth-order valence-electron chi connectivity index (χ4n) is 2.23. The van der Waals surface area contributed by atoms with Crippen LogP contribution in [0.1, 0.15) is 11.8 Å². The predicted octanol–water partition coefficient (Wildman–Crippen LogP) is 3.62. The van der Waals surface area contributed by atoms with E-state index in [1.54, 1.807) is 18.3 Å². The molecule has 25 heavy (non-hydrogen) atoms. The molecule has 3 aromatic heterocycles. The van der Waals surface area contributed by atoms with E-state index in [1.807, 2.05) is 30.3 Å². The topological polar surface area (TPSA) is 90.7 Å². The SMILES string of the molecule is Clc1ccc(-c2noc(CCc3nnc(-c4ccccn4)o3)n2)cc1. The van der Waals surface area contributed by atoms with E-state index in [0.717, 1.165) is 5.56 Å². The lowest BCUT2D eigenvalue weighted by Crippen LogP contribution is -1.92. The van der Waals surface area contributed by atoms with Crippen molar-refractivity contribution in [3.05, 3.63) is 65.5 Å². The van der Waals surface area contributed by atoms with Crippen LogP contribution >= 0.6 is 11.6 Å². The van der Waals surface area contributed by atoms with E-state index >= 15 is 0 Å². The number of hydrogen-bond donors (Lipinski definition) is 0. The maximum Gasteiger partial charge on any atom is 0.266 e. The van der Waals surface area contributed by atoms with E-state index in [-0.39, 0.29) is 0 Å². The van der Waals surface area contributed by atoms with Gasteiger partial charge in [-0.2, -0.15) is 4.98 Å². The number of rotatable bonds is 5. The summed E-state index contributed by atoms with van der Waals surface area (Å²) in [6.07, 6.45) is 2.68. The largest absolute Gasteiger partial charge is 0.419 e. The van der Waals surface area contributed by atoms with Crippen molar-refractivity contribution < 1.29 is 8.94 Å². The molecule has 4 rings (SSSR count). The second kappa shape index (κ2) is 6.82. The first-order valence-electron chi connectivity index (χ1n) is 7.60. The Morgan fingerprint density at radius 1 is 0.920 bits per heavy atom. The highest BCUT2D eigenvalue weighted by Gasteiger charge is 2.13. The van der Waals surface area contributed by atoms with E-state index in [4.69, 9.17) is 20.5 Å². The normalized spacial score (nSPS) is 10.9. The Kier molecular flexibility index (Phi) is 4.22. The van der Waals surface area contributed by atoms with Crippen molar-refractivity contribution in [2.45, 2.75) is 12.8 Å². The fraction of sp³-hybridized carbons (Fsp3) is 0.118. The molecule has 1 aromatic carbocycles. The Morgan fingerprint density at radius 3 is 2.56 bits per heavy atom. The Hall–Kier alpha value is -3.06. The average Bonchev–Trinajstić information content (AvgIpc) is 3.31. The number of aromatic nitrogens is 5. The minimum atomic E-state index is 0.392. The number of pyridine rings is 1. The Balaban J connectivity index is 1.42. The first-order valence-corrected chi connectivity index (χ1v) is 7.98. The van der Waals surface area contributed by atoms with Gasteiger partial charge in [0.2, 0.25) is 17.6 Å². The third-order valence-corrected chi connectivity index (χ3v) is 3.73. The van der Waals surface area contributed by atoms with E-state index < -0.39 is 0 Å². The summed E-state index contributed by atoms with van der Waals surface area (Å²) < 4.78 is 10.9. The molecule has 0 N–H and O–H groups in total. The summed E-state index contributed by atoms with van der Waals surface area (Å²) in [5.41, 5.74) is 1.48. The van der Waals surface area contributed by atoms with Gasteiger partial charge >= 0.3 is 0 Å². The standard InChI is InChI=1S/C17H12ClN5O2/c18-12-6-4-11(5-7-12)16-20-14(25-23-16)8-9-15-21-22-17(24-15)13-3-1-2-10-19-13/h1-7,10H,8-9H2. The molecule has 0 atom stereocenters. The summed E-state index contributed by atoms with van der Waals surface area (Å²) in [5.74, 6) is 1.91. The van der Waals surface area contributed by atoms with Gasteiger partial charge in [-0.1, -0.05) is 22.8 Å². The maximum atomic E-state index is 5.88. The number of aryl methyl sites for hydroxylation is 2. The van der Waals surface area contributed by atoms with Crippen LogP contribution in [0, 0.1) is 0 Å². The molecule has 0 saturated carbocycles. The van der Waals surface area contributed by atoms with Crippen molar-refractivity contribution in [2.75, 3.05) is 0 Å². The van der Waals surface area contributed by atoms with Gasteiger partial charge in [-0.3, -0.25) is 4.98 Å². The minimum absolute atomic E-state index is 0.392. The molecule has 4 aromatic rings. The zero-order valence-electron chi connectivity index (χ0n) is 13.0. The lowest BCUT2D eigenvalue weighted by Gasteiger charge is -1.93. The molecule has 0 aliphatic carbocycles. The van der Waals surface area contributed by atoms with Crippen molar-refractivity contribution in [2.24, 2.45) is 0 Å². The molecule has 3 heterocycles. The minimum Gasteiger partial charge on any atom is -0.419 e. The summed E-state index contributed by atoms with van der Waals surface area (Å²) in [6, 6.07) is 12.8. The summed E-state index contributed by atoms with van der Waals surface area (Å²) >= 11 is 5.88. The molecular weight excluding hydrogens is 342 g/mol. The first-order chi connectivity index (χ1) is 12.3. The maximum absolute atomic E-state index is 5.88. The highest BCUT2D eigenvalue weighted by molar-refractivity contribution is 6.30. The van der Waals surface area contributed by atoms with Gasteiger partial charge in [-0.25, -0.2) is 0 Å². The third kappa shape index (κ3) is 3.56. The van der Waals surface area contributed by atoms with Crippen LogP contribution in [0.4, 0.5) is 0 Å². The zero-order valence-corrected chi connectivity index (χ0v) is 13.7. The van der Waals surface area contributed by atoms with Crippen molar-refractivity contribution in [1.29, 1.82) is 0 Å². The van der Waals surface area contributed by atoms with Crippen LogP contribution < -0.4 is 0 Å². The van der Waals surface area contributed by atoms with Crippen LogP contribution in [0.15, 0.2) is 57.6 Å². The quantitative estimate of drug-likeness (QED) is 0.541. The lowest BCUT2D eigenvalue weighted by molar-refractivity contribution is 0.373. The smallest absolute Gasteiger partial charge is 0.266 e. The van der Waals surface area contributed by atoms with E-state index in [0.29, 0.717) is 47.1 Å². The van der Waals surface area contributed by atoms with Gasteiger partial charge in [0.25, 0.3) is 5.89 Å². The summed E-state index contributed by atoms with van der Waals surface area (Å²) in [5, 5.41) is 12.7. The summed E-state index contributed by atoms with van der Waals surface area (Å²) in [4.78, 5) is 8.54. The molecule has 0 amide bonds. The average molecular weight is 354 g/mol. The van der Waals surface area contributed by atoms with Gasteiger partial charge in [-0.15, -0.1) is 10.2 Å². The molecule has 0 fully saturated rings. The molecule has 8 heteroatoms. The summed E-state index contributed by atoms with van der Waals surface area (Å²) in [7, 11) is 0. The molecule has 0 saturated heterocycles. The van der Waals surface area contributed by atoms with E-state index in [1.165, 1.54) is 0 Å². The van der Waals surface area contributed by atoms with Gasteiger partial charge in [0.1, 0.15) is 5.69 Å². The van der Waals surface area contributed by atoms with Crippen LogP contribution in [0.3, 0.4) is 0 Å².